The van der Waals surface area contributed by atoms with Crippen LogP contribution in [-0.4, -0.2) is 11.1 Å². The number of nitrogens with two attached hydrogens (primary N) is 1. The average molecular weight is 261 g/mol. The van der Waals surface area contributed by atoms with Gasteiger partial charge in [0.2, 0.25) is 0 Å². The topological polar surface area (TPSA) is 72.6 Å². The highest BCUT2D eigenvalue weighted by atomic mass is 19.1. The van der Waals surface area contributed by atoms with Crippen LogP contribution in [0.3, 0.4) is 0 Å². The van der Waals surface area contributed by atoms with Gasteiger partial charge in [-0.15, -0.1) is 0 Å². The van der Waals surface area contributed by atoms with Gasteiger partial charge in [-0.2, -0.15) is 0 Å². The predicted molar refractivity (Wildman–Crippen MR) is 68.0 cm³/mol. The van der Waals surface area contributed by atoms with Crippen molar-refractivity contribution in [3.05, 3.63) is 59.4 Å². The number of benzene rings is 2. The number of phenolic OH excluding ortho intramolecular Hbond substituents is 1. The van der Waals surface area contributed by atoms with Crippen LogP contribution >= 0.6 is 0 Å². The molecular weight excluding hydrogens is 249 g/mol. The number of hydrogen-bond donors (Lipinski definition) is 2. The Labute approximate surface area is 109 Å². The molecule has 0 atom stereocenters. The second-order valence-corrected chi connectivity index (χ2v) is 3.98. The number of ether oxygens (including phenoxy) is 1. The number of phenols is 1. The highest BCUT2D eigenvalue weighted by Gasteiger charge is 2.09. The highest BCUT2D eigenvalue weighted by Crippen LogP contribution is 2.15. The SMILES string of the molecule is Nc1cc(C(=O)OCc2ccc(O)cc2)ccc1F. The van der Waals surface area contributed by atoms with Gasteiger partial charge in [-0.25, -0.2) is 9.18 Å². The van der Waals surface area contributed by atoms with Gasteiger partial charge in [-0.3, -0.25) is 0 Å². The van der Waals surface area contributed by atoms with Crippen molar-refractivity contribution in [2.24, 2.45) is 0 Å². The summed E-state index contributed by atoms with van der Waals surface area (Å²) in [6, 6.07) is 9.94. The highest BCUT2D eigenvalue weighted by molar-refractivity contribution is 5.90. The van der Waals surface area contributed by atoms with E-state index in [9.17, 15) is 9.18 Å². The maximum Gasteiger partial charge on any atom is 0.338 e. The third-order valence-corrected chi connectivity index (χ3v) is 2.54. The summed E-state index contributed by atoms with van der Waals surface area (Å²) in [5.74, 6) is -1.02. The summed E-state index contributed by atoms with van der Waals surface area (Å²) >= 11 is 0. The number of aromatic hydroxyl groups is 1. The molecule has 2 rings (SSSR count). The third kappa shape index (κ3) is 3.22. The first-order chi connectivity index (χ1) is 9.06. The van der Waals surface area contributed by atoms with Crippen molar-refractivity contribution in [1.82, 2.24) is 0 Å². The minimum atomic E-state index is -0.584. The molecule has 0 amide bonds. The molecule has 19 heavy (non-hydrogen) atoms. The van der Waals surface area contributed by atoms with Crippen molar-refractivity contribution in [2.45, 2.75) is 6.61 Å². The molecule has 0 saturated heterocycles. The molecule has 0 aliphatic carbocycles. The van der Waals surface area contributed by atoms with Gasteiger partial charge in [-0.1, -0.05) is 12.1 Å². The molecule has 0 aliphatic rings. The molecule has 0 bridgehead atoms. The monoisotopic (exact) mass is 261 g/mol. The fraction of sp³-hybridized carbons (Fsp3) is 0.0714. The van der Waals surface area contributed by atoms with Crippen LogP contribution in [0.2, 0.25) is 0 Å². The summed E-state index contributed by atoms with van der Waals surface area (Å²) in [6.45, 7) is 0.0659. The van der Waals surface area contributed by atoms with Crippen LogP contribution in [-0.2, 0) is 11.3 Å². The van der Waals surface area contributed by atoms with E-state index < -0.39 is 11.8 Å². The largest absolute Gasteiger partial charge is 0.508 e. The predicted octanol–water partition coefficient (Wildman–Crippen LogP) is 2.47. The minimum Gasteiger partial charge on any atom is -0.508 e. The lowest BCUT2D eigenvalue weighted by molar-refractivity contribution is 0.0472. The van der Waals surface area contributed by atoms with Crippen molar-refractivity contribution in [3.63, 3.8) is 0 Å². The van der Waals surface area contributed by atoms with Crippen LogP contribution in [0, 0.1) is 5.82 Å². The van der Waals surface area contributed by atoms with Crippen molar-refractivity contribution >= 4 is 11.7 Å². The van der Waals surface area contributed by atoms with Gasteiger partial charge >= 0.3 is 5.97 Å². The van der Waals surface area contributed by atoms with Gasteiger partial charge in [-0.05, 0) is 35.9 Å². The van der Waals surface area contributed by atoms with Crippen LogP contribution in [0.25, 0.3) is 0 Å². The summed E-state index contributed by atoms with van der Waals surface area (Å²) in [7, 11) is 0. The molecule has 5 heteroatoms. The first kappa shape index (κ1) is 12.9. The van der Waals surface area contributed by atoms with Crippen LogP contribution < -0.4 is 5.73 Å². The van der Waals surface area contributed by atoms with E-state index in [4.69, 9.17) is 15.6 Å². The Morgan fingerprint density at radius 2 is 1.89 bits per heavy atom. The van der Waals surface area contributed by atoms with Crippen LogP contribution in [0.4, 0.5) is 10.1 Å². The zero-order valence-electron chi connectivity index (χ0n) is 9.97. The molecule has 0 saturated carbocycles. The van der Waals surface area contributed by atoms with Crippen LogP contribution in [0.15, 0.2) is 42.5 Å². The molecule has 0 aromatic heterocycles. The summed E-state index contributed by atoms with van der Waals surface area (Å²) in [5, 5.41) is 9.11. The molecule has 0 fully saturated rings. The molecule has 4 nitrogen and oxygen atoms in total. The Hall–Kier alpha value is -2.56. The Bertz CT molecular complexity index is 596. The molecule has 0 aliphatic heterocycles. The van der Waals surface area contributed by atoms with E-state index in [1.807, 2.05) is 0 Å². The number of anilines is 1. The van der Waals surface area contributed by atoms with E-state index >= 15 is 0 Å². The Balaban J connectivity index is 2.01. The maximum absolute atomic E-state index is 12.9. The number of carbonyl (C=O) groups excluding carboxylic acids is 1. The Kier molecular flexibility index (Phi) is 3.66. The number of esters is 1. The molecule has 0 spiro atoms. The van der Waals surface area contributed by atoms with E-state index in [2.05, 4.69) is 0 Å². The summed E-state index contributed by atoms with van der Waals surface area (Å²) in [5.41, 5.74) is 6.20. The van der Waals surface area contributed by atoms with E-state index in [-0.39, 0.29) is 23.6 Å². The number of carbonyl (C=O) groups is 1. The fourth-order valence-electron chi connectivity index (χ4n) is 1.50. The van der Waals surface area contributed by atoms with E-state index in [0.29, 0.717) is 0 Å². The Morgan fingerprint density at radius 1 is 1.21 bits per heavy atom. The van der Waals surface area contributed by atoms with E-state index in [1.54, 1.807) is 12.1 Å². The standard InChI is InChI=1S/C14H12FNO3/c15-12-6-3-10(7-13(12)16)14(18)19-8-9-1-4-11(17)5-2-9/h1-7,17H,8,16H2. The Morgan fingerprint density at radius 3 is 2.53 bits per heavy atom. The first-order valence-corrected chi connectivity index (χ1v) is 5.56. The number of halogens is 1. The van der Waals surface area contributed by atoms with Crippen molar-refractivity contribution in [1.29, 1.82) is 0 Å². The van der Waals surface area contributed by atoms with Crippen LogP contribution in [0.1, 0.15) is 15.9 Å². The normalized spacial score (nSPS) is 10.2. The lowest BCUT2D eigenvalue weighted by Gasteiger charge is -2.06. The lowest BCUT2D eigenvalue weighted by atomic mass is 10.2. The lowest BCUT2D eigenvalue weighted by Crippen LogP contribution is -2.06. The zero-order chi connectivity index (χ0) is 13.8. The molecule has 0 radical (unpaired) electrons. The average Bonchev–Trinajstić information content (AvgIpc) is 2.41. The molecule has 0 heterocycles. The minimum absolute atomic E-state index is 0.0659. The number of rotatable bonds is 3. The summed E-state index contributed by atoms with van der Waals surface area (Å²) < 4.78 is 18.0. The fourth-order valence-corrected chi connectivity index (χ4v) is 1.50. The van der Waals surface area contributed by atoms with Gasteiger partial charge in [0.05, 0.1) is 11.3 Å². The molecule has 0 unspecified atom stereocenters. The second kappa shape index (κ2) is 5.39. The molecular formula is C14H12FNO3. The maximum atomic E-state index is 12.9. The smallest absolute Gasteiger partial charge is 0.338 e. The van der Waals surface area contributed by atoms with Gasteiger partial charge in [0, 0.05) is 0 Å². The van der Waals surface area contributed by atoms with E-state index in [1.165, 1.54) is 24.3 Å². The molecule has 3 N–H and O–H groups in total. The van der Waals surface area contributed by atoms with Gasteiger partial charge < -0.3 is 15.6 Å². The van der Waals surface area contributed by atoms with Crippen LogP contribution in [0.5, 0.6) is 5.75 Å². The quantitative estimate of drug-likeness (QED) is 0.657. The number of nitrogen functional groups attached to an aromatic ring is 1. The van der Waals surface area contributed by atoms with Gasteiger partial charge in [0.15, 0.2) is 0 Å². The van der Waals surface area contributed by atoms with Crippen molar-refractivity contribution < 1.29 is 19.0 Å². The third-order valence-electron chi connectivity index (χ3n) is 2.54. The first-order valence-electron chi connectivity index (χ1n) is 5.56. The van der Waals surface area contributed by atoms with Gasteiger partial charge in [0.1, 0.15) is 18.2 Å². The molecule has 2 aromatic carbocycles. The summed E-state index contributed by atoms with van der Waals surface area (Å²) in [4.78, 5) is 11.7. The van der Waals surface area contributed by atoms with Crippen molar-refractivity contribution in [3.8, 4) is 5.75 Å². The zero-order valence-corrected chi connectivity index (χ0v) is 9.97. The van der Waals surface area contributed by atoms with Gasteiger partial charge in [0.25, 0.3) is 0 Å². The number of hydrogen-bond acceptors (Lipinski definition) is 4. The molecule has 98 valence electrons. The summed E-state index contributed by atoms with van der Waals surface area (Å²) in [6.07, 6.45) is 0. The second-order valence-electron chi connectivity index (χ2n) is 3.98. The molecule has 2 aromatic rings. The van der Waals surface area contributed by atoms with Crippen molar-refractivity contribution in [2.75, 3.05) is 5.73 Å². The van der Waals surface area contributed by atoms with E-state index in [0.717, 1.165) is 11.6 Å².